The number of nitrogens with zero attached hydrogens (tertiary/aromatic N) is 2. The second-order valence-corrected chi connectivity index (χ2v) is 12.8. The van der Waals surface area contributed by atoms with Gasteiger partial charge in [0.15, 0.2) is 0 Å². The van der Waals surface area contributed by atoms with Crippen molar-refractivity contribution in [3.8, 4) is 0 Å². The van der Waals surface area contributed by atoms with E-state index in [1.807, 2.05) is 0 Å². The lowest BCUT2D eigenvalue weighted by atomic mass is 9.87. The number of amides is 3. The highest BCUT2D eigenvalue weighted by Gasteiger charge is 2.57. The number of benzene rings is 2. The number of carbonyl (C=O) groups excluding carboxylic acids is 3. The predicted molar refractivity (Wildman–Crippen MR) is 152 cm³/mol. The Morgan fingerprint density at radius 3 is 2.44 bits per heavy atom. The first-order valence-electron chi connectivity index (χ1n) is 12.1. The molecule has 4 heterocycles. The van der Waals surface area contributed by atoms with Gasteiger partial charge in [-0.2, -0.15) is 13.2 Å². The van der Waals surface area contributed by atoms with Crippen molar-refractivity contribution >= 4 is 75.1 Å². The number of thiophene rings is 1. The summed E-state index contributed by atoms with van der Waals surface area (Å²) in [6, 6.07) is 14.1. The number of thioether (sulfide) groups is 1. The van der Waals surface area contributed by atoms with E-state index in [1.165, 1.54) is 22.0 Å². The molecule has 2 aromatic carbocycles. The monoisotopic (exact) mass is 635 g/mol. The lowest BCUT2D eigenvalue weighted by Gasteiger charge is -2.29. The van der Waals surface area contributed by atoms with Gasteiger partial charge >= 0.3 is 11.0 Å². The summed E-state index contributed by atoms with van der Waals surface area (Å²) in [5, 5.41) is 4.39. The second kappa shape index (κ2) is 10.5. The van der Waals surface area contributed by atoms with E-state index >= 15 is 0 Å². The second-order valence-electron chi connectivity index (χ2n) is 9.30. The number of fused-ring (bicyclic) bond motifs is 2. The van der Waals surface area contributed by atoms with Gasteiger partial charge in [0.1, 0.15) is 11.8 Å². The van der Waals surface area contributed by atoms with Gasteiger partial charge in [0.2, 0.25) is 17.7 Å². The minimum Gasteiger partial charge on any atom is -0.325 e. The molecule has 7 nitrogen and oxygen atoms in total. The molecule has 1 saturated heterocycles. The summed E-state index contributed by atoms with van der Waals surface area (Å²) in [7, 11) is 0. The van der Waals surface area contributed by atoms with Gasteiger partial charge in [0, 0.05) is 26.4 Å². The van der Waals surface area contributed by atoms with Crippen molar-refractivity contribution in [1.82, 2.24) is 4.57 Å². The van der Waals surface area contributed by atoms with Crippen LogP contribution >= 0.6 is 46.0 Å². The summed E-state index contributed by atoms with van der Waals surface area (Å²) < 4.78 is 41.5. The predicted octanol–water partition coefficient (Wildman–Crippen LogP) is 6.08. The Kier molecular flexibility index (Phi) is 7.09. The summed E-state index contributed by atoms with van der Waals surface area (Å²) in [6.07, 6.45) is -4.66. The molecule has 1 N–H and O–H groups in total. The lowest BCUT2D eigenvalue weighted by molar-refractivity contribution is -0.137. The molecule has 210 valence electrons. The molecule has 1 fully saturated rings. The number of halogens is 4. The van der Waals surface area contributed by atoms with Crippen LogP contribution in [0, 0.1) is 5.92 Å². The number of alkyl halides is 3. The SMILES string of the molecule is O=C(Cn1c2c(sc1=O)C(c1cccs1)C1C(=O)N(c3cccc(C(F)(F)F)c3)C(=O)C1S2)Nc1ccc(Cl)cc1. The number of aromatic nitrogens is 1. The zero-order chi connectivity index (χ0) is 29.1. The summed E-state index contributed by atoms with van der Waals surface area (Å²) in [6.45, 7) is -0.339. The molecular formula is C27H17ClF3N3O4S3. The number of rotatable bonds is 5. The van der Waals surface area contributed by atoms with Gasteiger partial charge in [-0.25, -0.2) is 4.90 Å². The molecule has 0 spiro atoms. The van der Waals surface area contributed by atoms with Crippen LogP contribution in [0.3, 0.4) is 0 Å². The normalized spacial score (nSPS) is 20.2. The molecular weight excluding hydrogens is 619 g/mol. The molecule has 2 aliphatic heterocycles. The van der Waals surface area contributed by atoms with Crippen LogP contribution in [0.5, 0.6) is 0 Å². The van der Waals surface area contributed by atoms with Crippen molar-refractivity contribution in [3.63, 3.8) is 0 Å². The summed E-state index contributed by atoms with van der Waals surface area (Å²) in [5.74, 6) is -3.41. The van der Waals surface area contributed by atoms with Crippen LogP contribution in [0.4, 0.5) is 24.5 Å². The third kappa shape index (κ3) is 5.00. The quantitative estimate of drug-likeness (QED) is 0.269. The third-order valence-electron chi connectivity index (χ3n) is 6.76. The molecule has 0 aliphatic carbocycles. The van der Waals surface area contributed by atoms with E-state index in [0.717, 1.165) is 51.1 Å². The van der Waals surface area contributed by atoms with Gasteiger partial charge in [-0.15, -0.1) is 11.3 Å². The van der Waals surface area contributed by atoms with Crippen molar-refractivity contribution < 1.29 is 27.6 Å². The fourth-order valence-corrected chi connectivity index (χ4v) is 8.83. The molecule has 6 rings (SSSR count). The Morgan fingerprint density at radius 2 is 1.76 bits per heavy atom. The molecule has 2 aromatic heterocycles. The highest BCUT2D eigenvalue weighted by molar-refractivity contribution is 8.00. The van der Waals surface area contributed by atoms with Crippen LogP contribution in [0.2, 0.25) is 5.02 Å². The molecule has 4 aromatic rings. The molecule has 0 radical (unpaired) electrons. The Hall–Kier alpha value is -3.39. The third-order valence-corrected chi connectivity index (χ3v) is 10.6. The zero-order valence-electron chi connectivity index (χ0n) is 20.6. The molecule has 3 atom stereocenters. The molecule has 14 heteroatoms. The van der Waals surface area contributed by atoms with E-state index in [1.54, 1.807) is 41.8 Å². The fraction of sp³-hybridized carbons (Fsp3) is 0.185. The van der Waals surface area contributed by atoms with Gasteiger partial charge < -0.3 is 5.32 Å². The van der Waals surface area contributed by atoms with E-state index in [9.17, 15) is 32.3 Å². The fourth-order valence-electron chi connectivity index (χ4n) is 4.98. The largest absolute Gasteiger partial charge is 0.416 e. The number of thiazole rings is 1. The van der Waals surface area contributed by atoms with Crippen LogP contribution < -0.4 is 15.1 Å². The Balaban J connectivity index is 1.38. The molecule has 0 saturated carbocycles. The highest BCUT2D eigenvalue weighted by Crippen LogP contribution is 2.54. The van der Waals surface area contributed by atoms with Gasteiger partial charge in [0.25, 0.3) is 0 Å². The molecule has 41 heavy (non-hydrogen) atoms. The van der Waals surface area contributed by atoms with Crippen molar-refractivity contribution in [2.24, 2.45) is 5.92 Å². The van der Waals surface area contributed by atoms with Gasteiger partial charge in [-0.1, -0.05) is 46.8 Å². The van der Waals surface area contributed by atoms with Crippen LogP contribution in [-0.2, 0) is 27.1 Å². The van der Waals surface area contributed by atoms with Gasteiger partial charge in [0.05, 0.1) is 22.2 Å². The highest BCUT2D eigenvalue weighted by atomic mass is 35.5. The average molecular weight is 636 g/mol. The minimum atomic E-state index is -4.66. The lowest BCUT2D eigenvalue weighted by Crippen LogP contribution is -2.32. The minimum absolute atomic E-state index is 0.169. The van der Waals surface area contributed by atoms with Crippen LogP contribution in [0.1, 0.15) is 21.2 Å². The molecule has 3 amide bonds. The van der Waals surface area contributed by atoms with Gasteiger partial charge in [-0.3, -0.25) is 23.7 Å². The summed E-state index contributed by atoms with van der Waals surface area (Å²) >= 11 is 9.13. The van der Waals surface area contributed by atoms with E-state index in [2.05, 4.69) is 5.32 Å². The van der Waals surface area contributed by atoms with Crippen molar-refractivity contribution in [3.05, 3.63) is 96.1 Å². The van der Waals surface area contributed by atoms with Crippen molar-refractivity contribution in [1.29, 1.82) is 0 Å². The zero-order valence-corrected chi connectivity index (χ0v) is 23.8. The average Bonchev–Trinajstić information content (AvgIpc) is 3.62. The van der Waals surface area contributed by atoms with Crippen LogP contribution in [0.25, 0.3) is 0 Å². The number of hydrogen-bond acceptors (Lipinski definition) is 7. The summed E-state index contributed by atoms with van der Waals surface area (Å²) in [5.41, 5.74) is -0.667. The number of anilines is 2. The van der Waals surface area contributed by atoms with Crippen LogP contribution in [-0.4, -0.2) is 27.5 Å². The number of carbonyl (C=O) groups is 3. The summed E-state index contributed by atoms with van der Waals surface area (Å²) in [4.78, 5) is 55.1. The Bertz CT molecular complexity index is 1730. The maximum absolute atomic E-state index is 13.8. The maximum atomic E-state index is 13.8. The van der Waals surface area contributed by atoms with E-state index < -0.39 is 51.4 Å². The molecule has 2 aliphatic rings. The maximum Gasteiger partial charge on any atom is 0.416 e. The number of hydrogen-bond donors (Lipinski definition) is 1. The topological polar surface area (TPSA) is 88.5 Å². The van der Waals surface area contributed by atoms with Crippen molar-refractivity contribution in [2.45, 2.75) is 28.9 Å². The van der Waals surface area contributed by atoms with E-state index in [0.29, 0.717) is 20.6 Å². The Morgan fingerprint density at radius 1 is 1.00 bits per heavy atom. The molecule has 0 bridgehead atoms. The van der Waals surface area contributed by atoms with E-state index in [4.69, 9.17) is 11.6 Å². The first kappa shape index (κ1) is 27.8. The number of nitrogens with one attached hydrogen (secondary N) is 1. The first-order chi connectivity index (χ1) is 19.5. The number of imide groups is 1. The Labute approximate surface area is 247 Å². The standard InChI is InChI=1S/C27H17ClF3N3O4S3/c28-14-6-8-15(9-7-14)32-18(35)12-33-25-22(41-26(33)38)19(17-5-2-10-39-17)20-21(40-25)24(37)34(23(20)36)16-4-1-3-13(11-16)27(29,30)31/h1-11,19-21H,12H2,(H,32,35). The van der Waals surface area contributed by atoms with E-state index in [-0.39, 0.29) is 12.2 Å². The van der Waals surface area contributed by atoms with Crippen LogP contribution in [0.15, 0.2) is 75.9 Å². The molecule has 3 unspecified atom stereocenters. The first-order valence-corrected chi connectivity index (χ1v) is 15.0. The smallest absolute Gasteiger partial charge is 0.325 e. The van der Waals surface area contributed by atoms with Crippen molar-refractivity contribution in [2.75, 3.05) is 10.2 Å². The van der Waals surface area contributed by atoms with Gasteiger partial charge in [-0.05, 0) is 53.9 Å².